The Hall–Kier alpha value is -1.30. The SMILES string of the molecule is CCCNc1cnc(C(=O)N(C)CCSC)cn1. The number of thioether (sulfide) groups is 1. The maximum Gasteiger partial charge on any atom is 0.273 e. The van der Waals surface area contributed by atoms with E-state index >= 15 is 0 Å². The van der Waals surface area contributed by atoms with E-state index in [1.54, 1.807) is 29.9 Å². The van der Waals surface area contributed by atoms with Crippen molar-refractivity contribution in [2.75, 3.05) is 37.5 Å². The summed E-state index contributed by atoms with van der Waals surface area (Å²) in [5.41, 5.74) is 0.389. The Kier molecular flexibility index (Phi) is 6.49. The highest BCUT2D eigenvalue weighted by molar-refractivity contribution is 7.98. The number of nitrogens with one attached hydrogen (secondary N) is 1. The van der Waals surface area contributed by atoms with Gasteiger partial charge in [0.05, 0.1) is 12.4 Å². The Bertz CT molecular complexity index is 369. The van der Waals surface area contributed by atoms with Gasteiger partial charge in [-0.3, -0.25) is 4.79 Å². The lowest BCUT2D eigenvalue weighted by molar-refractivity contribution is 0.0797. The highest BCUT2D eigenvalue weighted by Gasteiger charge is 2.12. The van der Waals surface area contributed by atoms with Gasteiger partial charge in [0.2, 0.25) is 0 Å². The molecule has 1 rings (SSSR count). The highest BCUT2D eigenvalue weighted by Crippen LogP contribution is 2.04. The molecule has 0 aliphatic heterocycles. The van der Waals surface area contributed by atoms with Gasteiger partial charge < -0.3 is 10.2 Å². The summed E-state index contributed by atoms with van der Waals surface area (Å²) in [5, 5.41) is 3.12. The zero-order valence-corrected chi connectivity index (χ0v) is 12.0. The number of amides is 1. The van der Waals surface area contributed by atoms with Crippen molar-refractivity contribution in [3.05, 3.63) is 18.1 Å². The number of hydrogen-bond acceptors (Lipinski definition) is 5. The number of hydrogen-bond donors (Lipinski definition) is 1. The molecule has 0 aromatic carbocycles. The molecule has 0 spiro atoms. The largest absolute Gasteiger partial charge is 0.369 e. The standard InChI is InChI=1S/C12H20N4OS/c1-4-5-13-11-9-14-10(8-15-11)12(17)16(2)6-7-18-3/h8-9H,4-7H2,1-3H3,(H,13,15). The Morgan fingerprint density at radius 2 is 2.22 bits per heavy atom. The molecule has 1 amide bonds. The minimum atomic E-state index is -0.0846. The predicted molar refractivity (Wildman–Crippen MR) is 76.2 cm³/mol. The zero-order valence-electron chi connectivity index (χ0n) is 11.1. The Morgan fingerprint density at radius 1 is 1.44 bits per heavy atom. The van der Waals surface area contributed by atoms with Crippen molar-refractivity contribution in [1.29, 1.82) is 0 Å². The van der Waals surface area contributed by atoms with Gasteiger partial charge in [0.15, 0.2) is 0 Å². The summed E-state index contributed by atoms with van der Waals surface area (Å²) < 4.78 is 0. The van der Waals surface area contributed by atoms with Crippen LogP contribution in [0, 0.1) is 0 Å². The third-order valence-electron chi connectivity index (χ3n) is 2.40. The van der Waals surface area contributed by atoms with E-state index in [9.17, 15) is 4.79 Å². The van der Waals surface area contributed by atoms with Gasteiger partial charge in [0.1, 0.15) is 11.5 Å². The van der Waals surface area contributed by atoms with Crippen LogP contribution < -0.4 is 5.32 Å². The molecule has 1 N–H and O–H groups in total. The molecular formula is C12H20N4OS. The van der Waals surface area contributed by atoms with Crippen LogP contribution in [0.3, 0.4) is 0 Å². The van der Waals surface area contributed by atoms with E-state index in [0.717, 1.165) is 25.3 Å². The quantitative estimate of drug-likeness (QED) is 0.816. The maximum absolute atomic E-state index is 12.0. The summed E-state index contributed by atoms with van der Waals surface area (Å²) in [4.78, 5) is 21.9. The van der Waals surface area contributed by atoms with E-state index in [1.807, 2.05) is 6.26 Å². The number of aromatic nitrogens is 2. The van der Waals surface area contributed by atoms with Crippen molar-refractivity contribution in [3.8, 4) is 0 Å². The van der Waals surface area contributed by atoms with E-state index < -0.39 is 0 Å². The van der Waals surface area contributed by atoms with Crippen LogP contribution in [-0.4, -0.2) is 52.9 Å². The van der Waals surface area contributed by atoms with Gasteiger partial charge in [0, 0.05) is 25.9 Å². The number of rotatable bonds is 7. The summed E-state index contributed by atoms with van der Waals surface area (Å²) in [6.07, 6.45) is 6.17. The van der Waals surface area contributed by atoms with Gasteiger partial charge in [-0.15, -0.1) is 0 Å². The van der Waals surface area contributed by atoms with Gasteiger partial charge >= 0.3 is 0 Å². The fourth-order valence-corrected chi connectivity index (χ4v) is 1.76. The predicted octanol–water partition coefficient (Wildman–Crippen LogP) is 1.73. The number of carbonyl (C=O) groups is 1. The summed E-state index contributed by atoms with van der Waals surface area (Å²) >= 11 is 1.71. The van der Waals surface area contributed by atoms with Crippen LogP contribution >= 0.6 is 11.8 Å². The average molecular weight is 268 g/mol. The molecule has 0 fully saturated rings. The first kappa shape index (κ1) is 14.8. The Morgan fingerprint density at radius 3 is 2.78 bits per heavy atom. The fourth-order valence-electron chi connectivity index (χ4n) is 1.31. The second-order valence-corrected chi connectivity index (χ2v) is 4.92. The summed E-state index contributed by atoms with van der Waals surface area (Å²) in [7, 11) is 1.78. The summed E-state index contributed by atoms with van der Waals surface area (Å²) in [5.74, 6) is 1.55. The molecule has 6 heteroatoms. The summed E-state index contributed by atoms with van der Waals surface area (Å²) in [6, 6.07) is 0. The van der Waals surface area contributed by atoms with Crippen LogP contribution in [-0.2, 0) is 0 Å². The molecule has 0 atom stereocenters. The lowest BCUT2D eigenvalue weighted by Gasteiger charge is -2.15. The van der Waals surface area contributed by atoms with Gasteiger partial charge in [-0.2, -0.15) is 11.8 Å². The van der Waals surface area contributed by atoms with Crippen LogP contribution in [0.15, 0.2) is 12.4 Å². The van der Waals surface area contributed by atoms with Gasteiger partial charge in [-0.05, 0) is 12.7 Å². The van der Waals surface area contributed by atoms with Crippen LogP contribution in [0.5, 0.6) is 0 Å². The van der Waals surface area contributed by atoms with Crippen molar-refractivity contribution < 1.29 is 4.79 Å². The lowest BCUT2D eigenvalue weighted by Crippen LogP contribution is -2.29. The molecule has 100 valence electrons. The monoisotopic (exact) mass is 268 g/mol. The molecule has 1 aromatic rings. The van der Waals surface area contributed by atoms with Crippen molar-refractivity contribution in [2.45, 2.75) is 13.3 Å². The molecule has 0 saturated carbocycles. The van der Waals surface area contributed by atoms with Gasteiger partial charge in [0.25, 0.3) is 5.91 Å². The van der Waals surface area contributed by atoms with Gasteiger partial charge in [-0.1, -0.05) is 6.92 Å². The van der Waals surface area contributed by atoms with E-state index in [0.29, 0.717) is 11.5 Å². The first-order chi connectivity index (χ1) is 8.69. The Balaban J connectivity index is 2.58. The second kappa shape index (κ2) is 7.92. The molecule has 0 radical (unpaired) electrons. The lowest BCUT2D eigenvalue weighted by atomic mass is 10.4. The first-order valence-electron chi connectivity index (χ1n) is 5.99. The molecule has 1 aromatic heterocycles. The van der Waals surface area contributed by atoms with Crippen molar-refractivity contribution in [3.63, 3.8) is 0 Å². The molecule has 0 aliphatic carbocycles. The second-order valence-electron chi connectivity index (χ2n) is 3.93. The van der Waals surface area contributed by atoms with Crippen molar-refractivity contribution in [2.24, 2.45) is 0 Å². The molecular weight excluding hydrogens is 248 g/mol. The van der Waals surface area contributed by atoms with Crippen LogP contribution in [0.1, 0.15) is 23.8 Å². The highest BCUT2D eigenvalue weighted by atomic mass is 32.2. The molecule has 0 unspecified atom stereocenters. The normalized spacial score (nSPS) is 10.2. The topological polar surface area (TPSA) is 58.1 Å². The number of carbonyl (C=O) groups excluding carboxylic acids is 1. The molecule has 0 aliphatic rings. The minimum absolute atomic E-state index is 0.0846. The third-order valence-corrected chi connectivity index (χ3v) is 3.00. The molecule has 0 bridgehead atoms. The molecule has 5 nitrogen and oxygen atoms in total. The zero-order chi connectivity index (χ0) is 13.4. The third kappa shape index (κ3) is 4.52. The van der Waals surface area contributed by atoms with E-state index in [-0.39, 0.29) is 5.91 Å². The average Bonchev–Trinajstić information content (AvgIpc) is 2.42. The smallest absolute Gasteiger partial charge is 0.273 e. The minimum Gasteiger partial charge on any atom is -0.369 e. The maximum atomic E-state index is 12.0. The van der Waals surface area contributed by atoms with E-state index in [1.165, 1.54) is 6.20 Å². The summed E-state index contributed by atoms with van der Waals surface area (Å²) in [6.45, 7) is 3.66. The van der Waals surface area contributed by atoms with Crippen molar-refractivity contribution in [1.82, 2.24) is 14.9 Å². The van der Waals surface area contributed by atoms with Crippen molar-refractivity contribution >= 4 is 23.5 Å². The first-order valence-corrected chi connectivity index (χ1v) is 7.38. The van der Waals surface area contributed by atoms with Crippen LogP contribution in [0.25, 0.3) is 0 Å². The molecule has 18 heavy (non-hydrogen) atoms. The Labute approximate surface area is 112 Å². The van der Waals surface area contributed by atoms with Crippen LogP contribution in [0.4, 0.5) is 5.82 Å². The van der Waals surface area contributed by atoms with E-state index in [4.69, 9.17) is 0 Å². The number of anilines is 1. The molecule has 1 heterocycles. The van der Waals surface area contributed by atoms with Crippen LogP contribution in [0.2, 0.25) is 0 Å². The fraction of sp³-hybridized carbons (Fsp3) is 0.583. The molecule has 0 saturated heterocycles. The number of nitrogens with zero attached hydrogens (tertiary/aromatic N) is 3. The van der Waals surface area contributed by atoms with E-state index in [2.05, 4.69) is 22.2 Å². The van der Waals surface area contributed by atoms with Gasteiger partial charge in [-0.25, -0.2) is 9.97 Å².